The van der Waals surface area contributed by atoms with Crippen molar-refractivity contribution in [2.75, 3.05) is 56.1 Å². The Morgan fingerprint density at radius 3 is 2.77 bits per heavy atom. The van der Waals surface area contributed by atoms with Gasteiger partial charge < -0.3 is 29.7 Å². The SMILES string of the molecule is COc1ccc2c(c1)[C@]1(C[C@H]1c1ccc3c(Nc4nc(Cl)c(OC)c(N5CCOCC5)n4)n[nH]c3c1)C(=O)N2. The summed E-state index contributed by atoms with van der Waals surface area (Å²) in [6.07, 6.45) is 0.742. The van der Waals surface area contributed by atoms with E-state index >= 15 is 0 Å². The molecule has 39 heavy (non-hydrogen) atoms. The third kappa shape index (κ3) is 3.75. The van der Waals surface area contributed by atoms with Gasteiger partial charge in [0.15, 0.2) is 22.5 Å². The molecular weight excluding hydrogens is 522 g/mol. The summed E-state index contributed by atoms with van der Waals surface area (Å²) >= 11 is 6.46. The summed E-state index contributed by atoms with van der Waals surface area (Å²) in [5, 5.41) is 14.9. The molecule has 2 aromatic carbocycles. The van der Waals surface area contributed by atoms with Gasteiger partial charge in [0.05, 0.1) is 38.4 Å². The second-order valence-electron chi connectivity index (χ2n) is 9.89. The number of nitrogens with zero attached hydrogens (tertiary/aromatic N) is 4. The molecule has 2 aliphatic heterocycles. The van der Waals surface area contributed by atoms with Crippen LogP contribution in [0.5, 0.6) is 11.5 Å². The molecule has 2 fully saturated rings. The van der Waals surface area contributed by atoms with E-state index in [4.69, 9.17) is 25.8 Å². The van der Waals surface area contributed by atoms with Crippen molar-refractivity contribution >= 4 is 51.7 Å². The van der Waals surface area contributed by atoms with Crippen LogP contribution in [-0.2, 0) is 14.9 Å². The quantitative estimate of drug-likeness (QED) is 0.307. The molecule has 2 atom stereocenters. The zero-order valence-electron chi connectivity index (χ0n) is 21.4. The number of amides is 1. The molecule has 1 spiro atoms. The molecule has 0 unspecified atom stereocenters. The Balaban J connectivity index is 1.17. The molecule has 0 radical (unpaired) electrons. The fourth-order valence-electron chi connectivity index (χ4n) is 5.79. The lowest BCUT2D eigenvalue weighted by molar-refractivity contribution is -0.118. The highest BCUT2D eigenvalue weighted by Gasteiger charge is 2.65. The molecule has 1 saturated carbocycles. The first-order valence-corrected chi connectivity index (χ1v) is 13.1. The summed E-state index contributed by atoms with van der Waals surface area (Å²) in [7, 11) is 3.18. The predicted octanol–water partition coefficient (Wildman–Crippen LogP) is 3.98. The minimum absolute atomic E-state index is 0.0346. The monoisotopic (exact) mass is 547 g/mol. The Labute approximate surface area is 228 Å². The number of morpholine rings is 1. The number of carbonyl (C=O) groups is 1. The summed E-state index contributed by atoms with van der Waals surface area (Å²) in [4.78, 5) is 24.2. The largest absolute Gasteiger partial charge is 0.497 e. The number of nitrogens with one attached hydrogen (secondary N) is 3. The number of hydrogen-bond donors (Lipinski definition) is 3. The number of carbonyl (C=O) groups excluding carboxylic acids is 1. The van der Waals surface area contributed by atoms with Gasteiger partial charge in [-0.1, -0.05) is 17.7 Å². The number of fused-ring (bicyclic) bond motifs is 3. The zero-order chi connectivity index (χ0) is 26.7. The maximum absolute atomic E-state index is 13.1. The van der Waals surface area contributed by atoms with Gasteiger partial charge in [0.1, 0.15) is 5.75 Å². The molecule has 11 nitrogen and oxygen atoms in total. The van der Waals surface area contributed by atoms with Crippen LogP contribution in [0.15, 0.2) is 36.4 Å². The van der Waals surface area contributed by atoms with Crippen LogP contribution in [0.1, 0.15) is 23.5 Å². The third-order valence-corrected chi connectivity index (χ3v) is 8.12. The lowest BCUT2D eigenvalue weighted by Crippen LogP contribution is -2.37. The van der Waals surface area contributed by atoms with E-state index in [9.17, 15) is 4.79 Å². The molecule has 12 heteroatoms. The van der Waals surface area contributed by atoms with Crippen molar-refractivity contribution in [1.82, 2.24) is 20.2 Å². The minimum atomic E-state index is -0.567. The second kappa shape index (κ2) is 8.99. The molecule has 1 saturated heterocycles. The van der Waals surface area contributed by atoms with Gasteiger partial charge in [0, 0.05) is 30.1 Å². The van der Waals surface area contributed by atoms with E-state index in [0.29, 0.717) is 49.6 Å². The second-order valence-corrected chi connectivity index (χ2v) is 10.2. The van der Waals surface area contributed by atoms with E-state index in [1.807, 2.05) is 24.3 Å². The highest BCUT2D eigenvalue weighted by molar-refractivity contribution is 6.31. The number of halogens is 1. The van der Waals surface area contributed by atoms with Crippen molar-refractivity contribution in [3.63, 3.8) is 0 Å². The van der Waals surface area contributed by atoms with Crippen molar-refractivity contribution in [1.29, 1.82) is 0 Å². The number of anilines is 4. The maximum atomic E-state index is 13.1. The summed E-state index contributed by atoms with van der Waals surface area (Å²) < 4.78 is 16.4. The lowest BCUT2D eigenvalue weighted by Gasteiger charge is -2.29. The van der Waals surface area contributed by atoms with E-state index in [2.05, 4.69) is 47.8 Å². The van der Waals surface area contributed by atoms with Crippen LogP contribution in [0.2, 0.25) is 5.15 Å². The number of aromatic amines is 1. The van der Waals surface area contributed by atoms with Crippen molar-refractivity contribution in [2.24, 2.45) is 0 Å². The Bertz CT molecular complexity index is 1620. The fourth-order valence-corrected chi connectivity index (χ4v) is 6.03. The lowest BCUT2D eigenvalue weighted by atomic mass is 9.91. The number of hydrogen-bond acceptors (Lipinski definition) is 9. The minimum Gasteiger partial charge on any atom is -0.497 e. The molecule has 1 aliphatic carbocycles. The summed E-state index contributed by atoms with van der Waals surface area (Å²) in [6.45, 7) is 2.55. The highest BCUT2D eigenvalue weighted by atomic mass is 35.5. The topological polar surface area (TPSA) is 127 Å². The van der Waals surface area contributed by atoms with Crippen molar-refractivity contribution in [2.45, 2.75) is 17.8 Å². The number of ether oxygens (including phenoxy) is 3. The number of methoxy groups -OCH3 is 2. The molecule has 4 aromatic rings. The molecule has 0 bridgehead atoms. The first-order valence-electron chi connectivity index (χ1n) is 12.7. The maximum Gasteiger partial charge on any atom is 0.235 e. The Hall–Kier alpha value is -4.09. The highest BCUT2D eigenvalue weighted by Crippen LogP contribution is 2.65. The van der Waals surface area contributed by atoms with E-state index < -0.39 is 5.41 Å². The average molecular weight is 548 g/mol. The first-order chi connectivity index (χ1) is 19.0. The van der Waals surface area contributed by atoms with Gasteiger partial charge in [-0.3, -0.25) is 9.89 Å². The molecule has 4 heterocycles. The third-order valence-electron chi connectivity index (χ3n) is 7.86. The number of rotatable bonds is 6. The van der Waals surface area contributed by atoms with E-state index in [-0.39, 0.29) is 17.0 Å². The van der Waals surface area contributed by atoms with Gasteiger partial charge in [0.25, 0.3) is 0 Å². The first kappa shape index (κ1) is 24.0. The Morgan fingerprint density at radius 2 is 1.97 bits per heavy atom. The van der Waals surface area contributed by atoms with Crippen LogP contribution in [-0.4, -0.2) is 66.6 Å². The number of benzene rings is 2. The normalized spacial score (nSPS) is 21.7. The van der Waals surface area contributed by atoms with Gasteiger partial charge in [-0.2, -0.15) is 15.1 Å². The van der Waals surface area contributed by atoms with Crippen LogP contribution in [0, 0.1) is 0 Å². The Kier molecular flexibility index (Phi) is 5.53. The summed E-state index contributed by atoms with van der Waals surface area (Å²) in [6, 6.07) is 11.8. The van der Waals surface area contributed by atoms with Crippen LogP contribution in [0.3, 0.4) is 0 Å². The van der Waals surface area contributed by atoms with Crippen LogP contribution in [0.4, 0.5) is 23.3 Å². The summed E-state index contributed by atoms with van der Waals surface area (Å²) in [5.41, 5.74) is 3.19. The molecule has 2 aromatic heterocycles. The average Bonchev–Trinajstić information content (AvgIpc) is 3.51. The van der Waals surface area contributed by atoms with Crippen molar-refractivity contribution < 1.29 is 19.0 Å². The number of H-pyrrole nitrogens is 1. The van der Waals surface area contributed by atoms with E-state index in [1.165, 1.54) is 0 Å². The molecule has 200 valence electrons. The molecular formula is C27H26ClN7O4. The van der Waals surface area contributed by atoms with Gasteiger partial charge in [-0.25, -0.2) is 0 Å². The van der Waals surface area contributed by atoms with E-state index in [0.717, 1.165) is 39.9 Å². The van der Waals surface area contributed by atoms with Crippen LogP contribution >= 0.6 is 11.6 Å². The van der Waals surface area contributed by atoms with Gasteiger partial charge >= 0.3 is 0 Å². The molecule has 1 amide bonds. The Morgan fingerprint density at radius 1 is 1.13 bits per heavy atom. The van der Waals surface area contributed by atoms with Gasteiger partial charge in [-0.15, -0.1) is 0 Å². The van der Waals surface area contributed by atoms with Crippen molar-refractivity contribution in [3.05, 3.63) is 52.7 Å². The van der Waals surface area contributed by atoms with Crippen LogP contribution < -0.4 is 25.0 Å². The number of aromatic nitrogens is 4. The van der Waals surface area contributed by atoms with E-state index in [1.54, 1.807) is 14.2 Å². The molecule has 3 aliphatic rings. The van der Waals surface area contributed by atoms with Gasteiger partial charge in [-0.05, 0) is 47.9 Å². The summed E-state index contributed by atoms with van der Waals surface area (Å²) in [5.74, 6) is 2.76. The standard InChI is InChI=1S/C27H26ClN7O4/c1-37-15-4-6-19-17(12-15)27(25(36)29-19)13-18(27)14-3-5-16-20(11-14)33-34-23(16)31-26-30-22(28)21(38-2)24(32-26)35-7-9-39-10-8-35/h3-6,11-12,18H,7-10,13H2,1-2H3,(H,29,36)(H2,30,31,32,33,34)/t18-,27-/m0/s1. The zero-order valence-corrected chi connectivity index (χ0v) is 22.1. The smallest absolute Gasteiger partial charge is 0.235 e. The molecule has 3 N–H and O–H groups in total. The van der Waals surface area contributed by atoms with Crippen LogP contribution in [0.25, 0.3) is 10.9 Å². The fraction of sp³-hybridized carbons (Fsp3) is 0.333. The molecule has 7 rings (SSSR count). The predicted molar refractivity (Wildman–Crippen MR) is 147 cm³/mol. The van der Waals surface area contributed by atoms with Crippen molar-refractivity contribution in [3.8, 4) is 11.5 Å². The van der Waals surface area contributed by atoms with Gasteiger partial charge in [0.2, 0.25) is 11.9 Å².